The van der Waals surface area contributed by atoms with Crippen LogP contribution in [0.4, 0.5) is 0 Å². The van der Waals surface area contributed by atoms with Crippen LogP contribution in [0, 0.1) is 0 Å². The Morgan fingerprint density at radius 1 is 1.21 bits per heavy atom. The van der Waals surface area contributed by atoms with Gasteiger partial charge in [-0.1, -0.05) is 6.07 Å². The van der Waals surface area contributed by atoms with Crippen LogP contribution >= 0.6 is 11.3 Å². The highest BCUT2D eigenvalue weighted by Crippen LogP contribution is 2.32. The molecule has 146 valence electrons. The number of methoxy groups -OCH3 is 2. The molecular weight excluding hydrogens is 378 g/mol. The van der Waals surface area contributed by atoms with Gasteiger partial charge in [0.25, 0.3) is 11.8 Å². The van der Waals surface area contributed by atoms with E-state index < -0.39 is 0 Å². The van der Waals surface area contributed by atoms with Crippen molar-refractivity contribution in [2.24, 2.45) is 0 Å². The molecule has 0 saturated carbocycles. The van der Waals surface area contributed by atoms with Crippen molar-refractivity contribution in [1.29, 1.82) is 0 Å². The minimum atomic E-state index is -0.0383. The second-order valence-corrected chi connectivity index (χ2v) is 7.53. The average Bonchev–Trinajstić information content (AvgIpc) is 3.44. The van der Waals surface area contributed by atoms with Crippen LogP contribution in [-0.4, -0.2) is 48.3 Å². The SMILES string of the molecule is COc1ccc(C(=O)N2CCCC(c3nnc(-c4cccs4)o3)C2)cc1OC. The zero-order valence-corrected chi connectivity index (χ0v) is 16.6. The molecule has 1 amide bonds. The summed E-state index contributed by atoms with van der Waals surface area (Å²) in [5, 5.41) is 10.4. The van der Waals surface area contributed by atoms with Crippen molar-refractivity contribution in [3.8, 4) is 22.3 Å². The van der Waals surface area contributed by atoms with Gasteiger partial charge in [-0.3, -0.25) is 4.79 Å². The van der Waals surface area contributed by atoms with E-state index in [0.29, 0.717) is 41.9 Å². The van der Waals surface area contributed by atoms with Gasteiger partial charge in [0.15, 0.2) is 11.5 Å². The second kappa shape index (κ2) is 8.02. The molecular formula is C20H21N3O4S. The molecule has 1 saturated heterocycles. The zero-order valence-electron chi connectivity index (χ0n) is 15.8. The van der Waals surface area contributed by atoms with Crippen molar-refractivity contribution in [3.63, 3.8) is 0 Å². The number of rotatable bonds is 5. The lowest BCUT2D eigenvalue weighted by Crippen LogP contribution is -2.39. The normalized spacial score (nSPS) is 16.8. The van der Waals surface area contributed by atoms with Crippen molar-refractivity contribution in [2.75, 3.05) is 27.3 Å². The number of thiophene rings is 1. The van der Waals surface area contributed by atoms with Crippen LogP contribution in [0.15, 0.2) is 40.1 Å². The van der Waals surface area contributed by atoms with Crippen LogP contribution in [0.1, 0.15) is 35.0 Å². The highest BCUT2D eigenvalue weighted by Gasteiger charge is 2.29. The molecule has 0 aliphatic carbocycles. The summed E-state index contributed by atoms with van der Waals surface area (Å²) in [5.74, 6) is 2.27. The Balaban J connectivity index is 1.50. The minimum absolute atomic E-state index is 0.0383. The van der Waals surface area contributed by atoms with Crippen LogP contribution in [0.3, 0.4) is 0 Å². The molecule has 0 radical (unpaired) electrons. The Morgan fingerprint density at radius 3 is 2.82 bits per heavy atom. The van der Waals surface area contributed by atoms with Gasteiger partial charge in [-0.15, -0.1) is 21.5 Å². The molecule has 4 rings (SSSR count). The van der Waals surface area contributed by atoms with E-state index in [0.717, 1.165) is 17.7 Å². The van der Waals surface area contributed by atoms with Gasteiger partial charge in [0, 0.05) is 18.7 Å². The van der Waals surface area contributed by atoms with E-state index in [9.17, 15) is 4.79 Å². The molecule has 0 N–H and O–H groups in total. The van der Waals surface area contributed by atoms with Gasteiger partial charge >= 0.3 is 0 Å². The van der Waals surface area contributed by atoms with E-state index in [1.165, 1.54) is 0 Å². The Labute approximate surface area is 166 Å². The first-order valence-corrected chi connectivity index (χ1v) is 9.96. The summed E-state index contributed by atoms with van der Waals surface area (Å²) in [4.78, 5) is 15.8. The summed E-state index contributed by atoms with van der Waals surface area (Å²) in [6.45, 7) is 1.26. The number of benzene rings is 1. The van der Waals surface area contributed by atoms with Crippen molar-refractivity contribution in [1.82, 2.24) is 15.1 Å². The molecule has 1 unspecified atom stereocenters. The Hall–Kier alpha value is -2.87. The van der Waals surface area contributed by atoms with Crippen molar-refractivity contribution >= 4 is 17.2 Å². The first-order chi connectivity index (χ1) is 13.7. The fourth-order valence-electron chi connectivity index (χ4n) is 3.41. The third-order valence-electron chi connectivity index (χ3n) is 4.86. The Bertz CT molecular complexity index is 954. The lowest BCUT2D eigenvalue weighted by Gasteiger charge is -2.31. The molecule has 7 nitrogen and oxygen atoms in total. The number of hydrogen-bond acceptors (Lipinski definition) is 7. The molecule has 1 aromatic carbocycles. The third kappa shape index (κ3) is 3.60. The Kier molecular flexibility index (Phi) is 5.29. The second-order valence-electron chi connectivity index (χ2n) is 6.58. The smallest absolute Gasteiger partial charge is 0.257 e. The summed E-state index contributed by atoms with van der Waals surface area (Å²) in [5.41, 5.74) is 0.572. The number of aromatic nitrogens is 2. The maximum Gasteiger partial charge on any atom is 0.257 e. The molecule has 1 fully saturated rings. The molecule has 28 heavy (non-hydrogen) atoms. The Morgan fingerprint density at radius 2 is 2.07 bits per heavy atom. The molecule has 1 aliphatic rings. The number of ether oxygens (including phenoxy) is 2. The lowest BCUT2D eigenvalue weighted by atomic mass is 9.97. The fourth-order valence-corrected chi connectivity index (χ4v) is 4.06. The molecule has 0 bridgehead atoms. The summed E-state index contributed by atoms with van der Waals surface area (Å²) < 4.78 is 16.4. The van der Waals surface area contributed by atoms with E-state index in [-0.39, 0.29) is 11.8 Å². The van der Waals surface area contributed by atoms with Crippen LogP contribution in [-0.2, 0) is 0 Å². The first kappa shape index (κ1) is 18.5. The van der Waals surface area contributed by atoms with Crippen LogP contribution in [0.2, 0.25) is 0 Å². The van der Waals surface area contributed by atoms with Gasteiger partial charge in [0.1, 0.15) is 0 Å². The van der Waals surface area contributed by atoms with Gasteiger partial charge in [0.2, 0.25) is 5.89 Å². The average molecular weight is 399 g/mol. The first-order valence-electron chi connectivity index (χ1n) is 9.08. The maximum absolute atomic E-state index is 13.0. The third-order valence-corrected chi connectivity index (χ3v) is 5.72. The summed E-state index contributed by atoms with van der Waals surface area (Å²) >= 11 is 1.56. The van der Waals surface area contributed by atoms with Crippen molar-refractivity contribution < 1.29 is 18.7 Å². The highest BCUT2D eigenvalue weighted by molar-refractivity contribution is 7.13. The number of likely N-dealkylation sites (tertiary alicyclic amines) is 1. The van der Waals surface area contributed by atoms with E-state index in [1.807, 2.05) is 22.4 Å². The maximum atomic E-state index is 13.0. The number of carbonyl (C=O) groups is 1. The van der Waals surface area contributed by atoms with Crippen LogP contribution in [0.25, 0.3) is 10.8 Å². The zero-order chi connectivity index (χ0) is 19.5. The number of piperidine rings is 1. The standard InChI is InChI=1S/C20H21N3O4S/c1-25-15-8-7-13(11-16(15)26-2)20(24)23-9-3-5-14(12-23)18-21-22-19(27-18)17-6-4-10-28-17/h4,6-8,10-11,14H,3,5,9,12H2,1-2H3. The van der Waals surface area contributed by atoms with Gasteiger partial charge < -0.3 is 18.8 Å². The van der Waals surface area contributed by atoms with Gasteiger partial charge in [-0.25, -0.2) is 0 Å². The van der Waals surface area contributed by atoms with Gasteiger partial charge in [0.05, 0.1) is 25.0 Å². The van der Waals surface area contributed by atoms with Crippen molar-refractivity contribution in [3.05, 3.63) is 47.2 Å². The largest absolute Gasteiger partial charge is 0.493 e. The quantitative estimate of drug-likeness (QED) is 0.649. The van der Waals surface area contributed by atoms with E-state index in [4.69, 9.17) is 13.9 Å². The van der Waals surface area contributed by atoms with Crippen LogP contribution < -0.4 is 9.47 Å². The summed E-state index contributed by atoms with van der Waals surface area (Å²) in [6.07, 6.45) is 1.81. The topological polar surface area (TPSA) is 77.7 Å². The van der Waals surface area contributed by atoms with E-state index in [2.05, 4.69) is 10.2 Å². The van der Waals surface area contributed by atoms with E-state index >= 15 is 0 Å². The van der Waals surface area contributed by atoms with E-state index in [1.54, 1.807) is 43.8 Å². The predicted octanol–water partition coefficient (Wildman–Crippen LogP) is 3.84. The van der Waals surface area contributed by atoms with Crippen LogP contribution in [0.5, 0.6) is 11.5 Å². The monoisotopic (exact) mass is 399 g/mol. The molecule has 3 aromatic rings. The summed E-state index contributed by atoms with van der Waals surface area (Å²) in [7, 11) is 3.13. The molecule has 1 atom stereocenters. The lowest BCUT2D eigenvalue weighted by molar-refractivity contribution is 0.0698. The molecule has 1 aliphatic heterocycles. The van der Waals surface area contributed by atoms with Gasteiger partial charge in [-0.2, -0.15) is 0 Å². The number of carbonyl (C=O) groups excluding carboxylic acids is 1. The molecule has 0 spiro atoms. The number of hydrogen-bond donors (Lipinski definition) is 0. The molecule has 2 aromatic heterocycles. The highest BCUT2D eigenvalue weighted by atomic mass is 32.1. The number of amides is 1. The summed E-state index contributed by atoms with van der Waals surface area (Å²) in [6, 6.07) is 9.13. The minimum Gasteiger partial charge on any atom is -0.493 e. The predicted molar refractivity (Wildman–Crippen MR) is 105 cm³/mol. The molecule has 3 heterocycles. The number of nitrogens with zero attached hydrogens (tertiary/aromatic N) is 3. The molecule has 8 heteroatoms. The fraction of sp³-hybridized carbons (Fsp3) is 0.350. The van der Waals surface area contributed by atoms with Gasteiger partial charge in [-0.05, 0) is 42.5 Å². The van der Waals surface area contributed by atoms with Crippen molar-refractivity contribution in [2.45, 2.75) is 18.8 Å².